The van der Waals surface area contributed by atoms with Crippen LogP contribution in [0.5, 0.6) is 0 Å². The van der Waals surface area contributed by atoms with Crippen LogP contribution >= 0.6 is 11.3 Å². The van der Waals surface area contributed by atoms with Gasteiger partial charge in [0.15, 0.2) is 0 Å². The van der Waals surface area contributed by atoms with Gasteiger partial charge in [-0.05, 0) is 54.0 Å². The standard InChI is InChI=1S/C15H23NO3S/c1-19-13-4-2-11(3-5-13)8-15(18)16-9-14(17)12-6-7-20-10-12/h6-7,10-11,13-14,17H,2-5,8-9H2,1H3,(H,16,18). The molecule has 0 aliphatic heterocycles. The average Bonchev–Trinajstić information content (AvgIpc) is 3.00. The van der Waals surface area contributed by atoms with E-state index in [1.54, 1.807) is 18.4 Å². The zero-order valence-corrected chi connectivity index (χ0v) is 12.7. The molecule has 1 aliphatic rings. The van der Waals surface area contributed by atoms with Crippen LogP contribution in [0.4, 0.5) is 0 Å². The molecule has 0 bridgehead atoms. The highest BCUT2D eigenvalue weighted by atomic mass is 32.1. The van der Waals surface area contributed by atoms with E-state index in [2.05, 4.69) is 5.32 Å². The molecule has 5 heteroatoms. The van der Waals surface area contributed by atoms with Gasteiger partial charge in [0.1, 0.15) is 0 Å². The van der Waals surface area contributed by atoms with Gasteiger partial charge < -0.3 is 15.2 Å². The molecule has 2 rings (SSSR count). The van der Waals surface area contributed by atoms with Crippen LogP contribution in [0.25, 0.3) is 0 Å². The van der Waals surface area contributed by atoms with Crippen LogP contribution in [0.3, 0.4) is 0 Å². The molecule has 20 heavy (non-hydrogen) atoms. The number of aliphatic hydroxyl groups is 1. The zero-order chi connectivity index (χ0) is 14.4. The summed E-state index contributed by atoms with van der Waals surface area (Å²) in [6.07, 6.45) is 4.53. The summed E-state index contributed by atoms with van der Waals surface area (Å²) in [5, 5.41) is 16.6. The van der Waals surface area contributed by atoms with Crippen molar-refractivity contribution in [2.24, 2.45) is 5.92 Å². The minimum absolute atomic E-state index is 0.0418. The molecule has 0 saturated heterocycles. The summed E-state index contributed by atoms with van der Waals surface area (Å²) >= 11 is 1.55. The summed E-state index contributed by atoms with van der Waals surface area (Å²) in [4.78, 5) is 11.9. The molecule has 1 fully saturated rings. The summed E-state index contributed by atoms with van der Waals surface area (Å²) in [7, 11) is 1.75. The normalized spacial score (nSPS) is 24.3. The second kappa shape index (κ2) is 7.76. The molecule has 1 amide bonds. The van der Waals surface area contributed by atoms with Gasteiger partial charge in [-0.3, -0.25) is 4.79 Å². The maximum atomic E-state index is 11.9. The number of thiophene rings is 1. The first-order chi connectivity index (χ1) is 9.69. The number of hydrogen-bond acceptors (Lipinski definition) is 4. The Hall–Kier alpha value is -0.910. The molecule has 112 valence electrons. The van der Waals surface area contributed by atoms with E-state index in [9.17, 15) is 9.90 Å². The van der Waals surface area contributed by atoms with Gasteiger partial charge >= 0.3 is 0 Å². The molecular formula is C15H23NO3S. The van der Waals surface area contributed by atoms with Crippen molar-refractivity contribution in [3.63, 3.8) is 0 Å². The first kappa shape index (κ1) is 15.5. The first-order valence-corrected chi connectivity index (χ1v) is 8.13. The Balaban J connectivity index is 1.66. The number of hydrogen-bond donors (Lipinski definition) is 2. The largest absolute Gasteiger partial charge is 0.387 e. The molecule has 1 aliphatic carbocycles. The van der Waals surface area contributed by atoms with Crippen molar-refractivity contribution in [1.82, 2.24) is 5.32 Å². The van der Waals surface area contributed by atoms with Crippen molar-refractivity contribution < 1.29 is 14.6 Å². The quantitative estimate of drug-likeness (QED) is 0.848. The van der Waals surface area contributed by atoms with Crippen LogP contribution in [-0.4, -0.2) is 30.8 Å². The van der Waals surface area contributed by atoms with Crippen molar-refractivity contribution in [3.8, 4) is 0 Å². The maximum absolute atomic E-state index is 11.9. The van der Waals surface area contributed by atoms with E-state index < -0.39 is 6.10 Å². The lowest BCUT2D eigenvalue weighted by atomic mass is 9.85. The summed E-state index contributed by atoms with van der Waals surface area (Å²) in [6.45, 7) is 0.295. The lowest BCUT2D eigenvalue weighted by Gasteiger charge is -2.27. The molecule has 1 aromatic rings. The second-order valence-electron chi connectivity index (χ2n) is 5.46. The van der Waals surface area contributed by atoms with Gasteiger partial charge in [0.25, 0.3) is 0 Å². The van der Waals surface area contributed by atoms with Gasteiger partial charge in [0, 0.05) is 20.1 Å². The molecule has 0 aromatic carbocycles. The van der Waals surface area contributed by atoms with Gasteiger partial charge in [-0.15, -0.1) is 0 Å². The van der Waals surface area contributed by atoms with E-state index in [1.807, 2.05) is 16.8 Å². The highest BCUT2D eigenvalue weighted by Crippen LogP contribution is 2.28. The van der Waals surface area contributed by atoms with Crippen LogP contribution in [0, 0.1) is 5.92 Å². The number of ether oxygens (including phenoxy) is 1. The number of nitrogens with one attached hydrogen (secondary N) is 1. The Labute approximate surface area is 124 Å². The smallest absolute Gasteiger partial charge is 0.220 e. The van der Waals surface area contributed by atoms with Crippen molar-refractivity contribution >= 4 is 17.2 Å². The van der Waals surface area contributed by atoms with Crippen LogP contribution in [0.1, 0.15) is 43.8 Å². The zero-order valence-electron chi connectivity index (χ0n) is 11.9. The molecule has 1 heterocycles. The average molecular weight is 297 g/mol. The third kappa shape index (κ3) is 4.58. The highest BCUT2D eigenvalue weighted by molar-refractivity contribution is 7.07. The first-order valence-electron chi connectivity index (χ1n) is 7.18. The van der Waals surface area contributed by atoms with Gasteiger partial charge in [0.2, 0.25) is 5.91 Å². The van der Waals surface area contributed by atoms with Crippen LogP contribution < -0.4 is 5.32 Å². The Bertz CT molecular complexity index is 399. The molecule has 0 spiro atoms. The van der Waals surface area contributed by atoms with Crippen LogP contribution in [0.2, 0.25) is 0 Å². The van der Waals surface area contributed by atoms with Crippen LogP contribution in [0.15, 0.2) is 16.8 Å². The fourth-order valence-electron chi connectivity index (χ4n) is 2.70. The lowest BCUT2D eigenvalue weighted by Crippen LogP contribution is -2.31. The molecule has 1 unspecified atom stereocenters. The number of carbonyl (C=O) groups is 1. The van der Waals surface area contributed by atoms with Crippen LogP contribution in [-0.2, 0) is 9.53 Å². The topological polar surface area (TPSA) is 58.6 Å². The third-order valence-corrected chi connectivity index (χ3v) is 4.72. The Kier molecular flexibility index (Phi) is 6.01. The number of amides is 1. The summed E-state index contributed by atoms with van der Waals surface area (Å²) in [6, 6.07) is 1.88. The van der Waals surface area contributed by atoms with Crippen molar-refractivity contribution in [2.75, 3.05) is 13.7 Å². The Morgan fingerprint density at radius 3 is 2.85 bits per heavy atom. The molecule has 1 saturated carbocycles. The Morgan fingerprint density at radius 2 is 2.25 bits per heavy atom. The maximum Gasteiger partial charge on any atom is 0.220 e. The van der Waals surface area contributed by atoms with Gasteiger partial charge in [-0.1, -0.05) is 0 Å². The van der Waals surface area contributed by atoms with Gasteiger partial charge in [-0.2, -0.15) is 11.3 Å². The van der Waals surface area contributed by atoms with E-state index in [4.69, 9.17) is 4.74 Å². The third-order valence-electron chi connectivity index (χ3n) is 4.02. The molecular weight excluding hydrogens is 274 g/mol. The van der Waals surface area contributed by atoms with E-state index in [-0.39, 0.29) is 5.91 Å². The monoisotopic (exact) mass is 297 g/mol. The molecule has 2 N–H and O–H groups in total. The van der Waals surface area contributed by atoms with Crippen molar-refractivity contribution in [2.45, 2.75) is 44.3 Å². The summed E-state index contributed by atoms with van der Waals surface area (Å²) < 4.78 is 5.33. The molecule has 1 atom stereocenters. The second-order valence-corrected chi connectivity index (χ2v) is 6.24. The SMILES string of the molecule is COC1CCC(CC(=O)NCC(O)c2ccsc2)CC1. The molecule has 4 nitrogen and oxygen atoms in total. The minimum atomic E-state index is -0.602. The number of methoxy groups -OCH3 is 1. The van der Waals surface area contributed by atoms with Gasteiger partial charge in [-0.25, -0.2) is 0 Å². The van der Waals surface area contributed by atoms with E-state index in [0.717, 1.165) is 31.2 Å². The Morgan fingerprint density at radius 1 is 1.50 bits per heavy atom. The molecule has 0 radical (unpaired) electrons. The number of carbonyl (C=O) groups excluding carboxylic acids is 1. The lowest BCUT2D eigenvalue weighted by molar-refractivity contribution is -0.123. The predicted octanol–water partition coefficient (Wildman–Crippen LogP) is 2.49. The predicted molar refractivity (Wildman–Crippen MR) is 79.7 cm³/mol. The summed E-state index contributed by atoms with van der Waals surface area (Å²) in [5.41, 5.74) is 0.871. The fourth-order valence-corrected chi connectivity index (χ4v) is 3.41. The van der Waals surface area contributed by atoms with E-state index >= 15 is 0 Å². The number of aliphatic hydroxyl groups excluding tert-OH is 1. The van der Waals surface area contributed by atoms with Crippen molar-refractivity contribution in [3.05, 3.63) is 22.4 Å². The number of rotatable bonds is 6. The summed E-state index contributed by atoms with van der Waals surface area (Å²) in [5.74, 6) is 0.500. The van der Waals surface area contributed by atoms with E-state index in [0.29, 0.717) is 25.0 Å². The molecule has 1 aromatic heterocycles. The minimum Gasteiger partial charge on any atom is -0.387 e. The van der Waals surface area contributed by atoms with Gasteiger partial charge in [0.05, 0.1) is 12.2 Å². The van der Waals surface area contributed by atoms with Crippen molar-refractivity contribution in [1.29, 1.82) is 0 Å². The van der Waals surface area contributed by atoms with E-state index in [1.165, 1.54) is 0 Å². The fraction of sp³-hybridized carbons (Fsp3) is 0.667. The highest BCUT2D eigenvalue weighted by Gasteiger charge is 2.23.